The standard InChI is InChI=1S/C14H19N3/c1-16-7-6-13(10-16)11-17(2)14-5-3-4-12(8-14)9-15/h3-5,8,13H,6-7,10-11H2,1-2H3. The van der Waals surface area contributed by atoms with Crippen LogP contribution in [0.1, 0.15) is 12.0 Å². The summed E-state index contributed by atoms with van der Waals surface area (Å²) in [5, 5.41) is 8.89. The molecule has 1 aliphatic heterocycles. The van der Waals surface area contributed by atoms with Crippen molar-refractivity contribution in [3.63, 3.8) is 0 Å². The Morgan fingerprint density at radius 3 is 3.00 bits per heavy atom. The van der Waals surface area contributed by atoms with Crippen molar-refractivity contribution < 1.29 is 0 Å². The number of nitrogens with zero attached hydrogens (tertiary/aromatic N) is 3. The van der Waals surface area contributed by atoms with Gasteiger partial charge >= 0.3 is 0 Å². The molecule has 0 radical (unpaired) electrons. The molecule has 0 aromatic heterocycles. The van der Waals surface area contributed by atoms with Gasteiger partial charge in [0.05, 0.1) is 11.6 Å². The molecule has 0 N–H and O–H groups in total. The summed E-state index contributed by atoms with van der Waals surface area (Å²) in [7, 11) is 4.28. The summed E-state index contributed by atoms with van der Waals surface area (Å²) < 4.78 is 0. The van der Waals surface area contributed by atoms with Crippen molar-refractivity contribution in [2.75, 3.05) is 38.6 Å². The molecule has 1 aromatic carbocycles. The number of benzene rings is 1. The van der Waals surface area contributed by atoms with Gasteiger partial charge in [0.15, 0.2) is 0 Å². The molecule has 1 saturated heterocycles. The van der Waals surface area contributed by atoms with Crippen molar-refractivity contribution in [1.82, 2.24) is 4.90 Å². The number of likely N-dealkylation sites (tertiary alicyclic amines) is 1. The van der Waals surface area contributed by atoms with Gasteiger partial charge in [-0.2, -0.15) is 5.26 Å². The molecule has 0 bridgehead atoms. The number of hydrogen-bond donors (Lipinski definition) is 0. The summed E-state index contributed by atoms with van der Waals surface area (Å²) in [6.45, 7) is 3.46. The Hall–Kier alpha value is -1.53. The molecule has 90 valence electrons. The second kappa shape index (κ2) is 5.20. The van der Waals surface area contributed by atoms with Gasteiger partial charge in [-0.05, 0) is 44.1 Å². The van der Waals surface area contributed by atoms with E-state index < -0.39 is 0 Å². The largest absolute Gasteiger partial charge is 0.374 e. The molecule has 0 amide bonds. The highest BCUT2D eigenvalue weighted by Crippen LogP contribution is 2.20. The van der Waals surface area contributed by atoms with Crippen LogP contribution in [-0.2, 0) is 0 Å². The molecule has 1 unspecified atom stereocenters. The fourth-order valence-electron chi connectivity index (χ4n) is 2.48. The summed E-state index contributed by atoms with van der Waals surface area (Å²) in [6, 6.07) is 10.0. The molecule has 2 rings (SSSR count). The molecular formula is C14H19N3. The Bertz CT molecular complexity index is 422. The van der Waals surface area contributed by atoms with Crippen molar-refractivity contribution in [3.05, 3.63) is 29.8 Å². The molecule has 17 heavy (non-hydrogen) atoms. The average molecular weight is 229 g/mol. The second-order valence-electron chi connectivity index (χ2n) is 4.96. The minimum Gasteiger partial charge on any atom is -0.374 e. The van der Waals surface area contributed by atoms with Crippen molar-refractivity contribution >= 4 is 5.69 Å². The zero-order valence-corrected chi connectivity index (χ0v) is 10.6. The fraction of sp³-hybridized carbons (Fsp3) is 0.500. The molecule has 1 aromatic rings. The van der Waals surface area contributed by atoms with Gasteiger partial charge in [0, 0.05) is 25.8 Å². The van der Waals surface area contributed by atoms with Crippen LogP contribution in [0.15, 0.2) is 24.3 Å². The van der Waals surface area contributed by atoms with Gasteiger partial charge in [0.25, 0.3) is 0 Å². The smallest absolute Gasteiger partial charge is 0.0992 e. The Morgan fingerprint density at radius 2 is 2.35 bits per heavy atom. The Kier molecular flexibility index (Phi) is 3.65. The number of rotatable bonds is 3. The first kappa shape index (κ1) is 11.9. The van der Waals surface area contributed by atoms with Crippen LogP contribution in [0.4, 0.5) is 5.69 Å². The lowest BCUT2D eigenvalue weighted by Gasteiger charge is -2.23. The lowest BCUT2D eigenvalue weighted by molar-refractivity contribution is 0.396. The predicted octanol–water partition coefficient (Wildman–Crippen LogP) is 1.95. The van der Waals surface area contributed by atoms with Crippen molar-refractivity contribution in [1.29, 1.82) is 5.26 Å². The summed E-state index contributed by atoms with van der Waals surface area (Å²) in [4.78, 5) is 4.63. The third-order valence-corrected chi connectivity index (χ3v) is 3.44. The molecule has 3 heteroatoms. The van der Waals surface area contributed by atoms with Crippen molar-refractivity contribution in [2.24, 2.45) is 5.92 Å². The van der Waals surface area contributed by atoms with E-state index in [1.807, 2.05) is 18.2 Å². The third kappa shape index (κ3) is 2.98. The molecule has 1 fully saturated rings. The topological polar surface area (TPSA) is 30.3 Å². The van der Waals surface area contributed by atoms with E-state index in [0.29, 0.717) is 0 Å². The summed E-state index contributed by atoms with van der Waals surface area (Å²) >= 11 is 0. The van der Waals surface area contributed by atoms with Gasteiger partial charge in [0.1, 0.15) is 0 Å². The van der Waals surface area contributed by atoms with E-state index in [0.717, 1.165) is 23.7 Å². The maximum absolute atomic E-state index is 8.89. The van der Waals surface area contributed by atoms with Crippen LogP contribution in [0.3, 0.4) is 0 Å². The zero-order valence-electron chi connectivity index (χ0n) is 10.6. The van der Waals surface area contributed by atoms with Gasteiger partial charge < -0.3 is 9.80 Å². The van der Waals surface area contributed by atoms with Gasteiger partial charge in [-0.25, -0.2) is 0 Å². The van der Waals surface area contributed by atoms with E-state index in [1.54, 1.807) is 0 Å². The third-order valence-electron chi connectivity index (χ3n) is 3.44. The molecule has 1 heterocycles. The average Bonchev–Trinajstić information content (AvgIpc) is 2.75. The Morgan fingerprint density at radius 1 is 1.53 bits per heavy atom. The first-order valence-corrected chi connectivity index (χ1v) is 6.09. The Labute approximate surface area is 103 Å². The van der Waals surface area contributed by atoms with Gasteiger partial charge in [-0.1, -0.05) is 6.07 Å². The molecule has 0 aliphatic carbocycles. The van der Waals surface area contributed by atoms with E-state index in [1.165, 1.54) is 19.5 Å². The SMILES string of the molecule is CN1CCC(CN(C)c2cccc(C#N)c2)C1. The maximum Gasteiger partial charge on any atom is 0.0992 e. The van der Waals surface area contributed by atoms with Crippen LogP contribution in [0.2, 0.25) is 0 Å². The number of nitriles is 1. The van der Waals surface area contributed by atoms with Crippen LogP contribution in [0, 0.1) is 17.2 Å². The summed E-state index contributed by atoms with van der Waals surface area (Å²) in [6.07, 6.45) is 1.28. The highest BCUT2D eigenvalue weighted by molar-refractivity contribution is 5.50. The van der Waals surface area contributed by atoms with E-state index in [-0.39, 0.29) is 0 Å². The zero-order chi connectivity index (χ0) is 12.3. The highest BCUT2D eigenvalue weighted by Gasteiger charge is 2.20. The molecule has 3 nitrogen and oxygen atoms in total. The van der Waals surface area contributed by atoms with Gasteiger partial charge in [0.2, 0.25) is 0 Å². The summed E-state index contributed by atoms with van der Waals surface area (Å²) in [5.41, 5.74) is 1.87. The second-order valence-corrected chi connectivity index (χ2v) is 4.96. The van der Waals surface area contributed by atoms with Gasteiger partial charge in [-0.15, -0.1) is 0 Å². The molecular weight excluding hydrogens is 210 g/mol. The molecule has 1 atom stereocenters. The van der Waals surface area contributed by atoms with Crippen LogP contribution < -0.4 is 4.90 Å². The van der Waals surface area contributed by atoms with Crippen LogP contribution in [0.25, 0.3) is 0 Å². The molecule has 0 spiro atoms. The monoisotopic (exact) mass is 229 g/mol. The first-order chi connectivity index (χ1) is 8.19. The Balaban J connectivity index is 1.99. The van der Waals surface area contributed by atoms with Crippen LogP contribution in [-0.4, -0.2) is 38.6 Å². The highest BCUT2D eigenvalue weighted by atomic mass is 15.1. The fourth-order valence-corrected chi connectivity index (χ4v) is 2.48. The number of anilines is 1. The van der Waals surface area contributed by atoms with E-state index in [9.17, 15) is 0 Å². The maximum atomic E-state index is 8.89. The molecule has 0 saturated carbocycles. The first-order valence-electron chi connectivity index (χ1n) is 6.09. The van der Waals surface area contributed by atoms with Crippen LogP contribution >= 0.6 is 0 Å². The lowest BCUT2D eigenvalue weighted by Crippen LogP contribution is -2.27. The van der Waals surface area contributed by atoms with Crippen LogP contribution in [0.5, 0.6) is 0 Å². The molecule has 1 aliphatic rings. The minimum absolute atomic E-state index is 0.734. The predicted molar refractivity (Wildman–Crippen MR) is 70.0 cm³/mol. The minimum atomic E-state index is 0.734. The van der Waals surface area contributed by atoms with Crippen molar-refractivity contribution in [3.8, 4) is 6.07 Å². The lowest BCUT2D eigenvalue weighted by atomic mass is 10.1. The normalized spacial score (nSPS) is 20.2. The quantitative estimate of drug-likeness (QED) is 0.793. The number of hydrogen-bond acceptors (Lipinski definition) is 3. The van der Waals surface area contributed by atoms with E-state index in [4.69, 9.17) is 5.26 Å². The van der Waals surface area contributed by atoms with E-state index >= 15 is 0 Å². The van der Waals surface area contributed by atoms with Crippen molar-refractivity contribution in [2.45, 2.75) is 6.42 Å². The summed E-state index contributed by atoms with van der Waals surface area (Å²) in [5.74, 6) is 0.746. The van der Waals surface area contributed by atoms with Gasteiger partial charge in [-0.3, -0.25) is 0 Å². The van der Waals surface area contributed by atoms with E-state index in [2.05, 4.69) is 36.0 Å².